The molecule has 154 valence electrons. The summed E-state index contributed by atoms with van der Waals surface area (Å²) in [6.07, 6.45) is 1.57. The molecule has 2 aromatic rings. The zero-order valence-corrected chi connectivity index (χ0v) is 16.9. The van der Waals surface area contributed by atoms with Gasteiger partial charge in [-0.2, -0.15) is 5.10 Å². The monoisotopic (exact) mass is 418 g/mol. The molecule has 0 aliphatic carbocycles. The number of benzene rings is 1. The number of aromatic hydroxyl groups is 1. The summed E-state index contributed by atoms with van der Waals surface area (Å²) in [5.74, 6) is -1.13. The Kier molecular flexibility index (Phi) is 5.47. The predicted octanol–water partition coefficient (Wildman–Crippen LogP) is 1.94. The van der Waals surface area contributed by atoms with Crippen LogP contribution in [-0.2, 0) is 14.6 Å². The van der Waals surface area contributed by atoms with Crippen LogP contribution in [0.3, 0.4) is 0 Å². The summed E-state index contributed by atoms with van der Waals surface area (Å²) in [4.78, 5) is 24.2. The van der Waals surface area contributed by atoms with Gasteiger partial charge in [0, 0.05) is 5.69 Å². The van der Waals surface area contributed by atoms with Gasteiger partial charge in [0.1, 0.15) is 5.75 Å². The normalized spacial score (nSPS) is 17.7. The Hall–Kier alpha value is -3.14. The van der Waals surface area contributed by atoms with E-state index in [0.717, 1.165) is 6.08 Å². The molecule has 10 heteroatoms. The van der Waals surface area contributed by atoms with E-state index in [1.54, 1.807) is 18.5 Å². The van der Waals surface area contributed by atoms with Gasteiger partial charge in [0.25, 0.3) is 5.91 Å². The number of phenolic OH excluding ortho intramolecular Hbond substituents is 1. The number of carbonyl (C=O) groups is 2. The lowest BCUT2D eigenvalue weighted by Crippen LogP contribution is -2.16. The zero-order valence-electron chi connectivity index (χ0n) is 16.1. The topological polar surface area (TPSA) is 130 Å². The number of hydrogen-bond donors (Lipinski definition) is 3. The van der Waals surface area contributed by atoms with E-state index < -0.39 is 21.7 Å². The number of carbonyl (C=O) groups excluding carboxylic acids is 2. The molecule has 1 unspecified atom stereocenters. The Bertz CT molecular complexity index is 1100. The van der Waals surface area contributed by atoms with Gasteiger partial charge in [0.15, 0.2) is 9.84 Å². The highest BCUT2D eigenvalue weighted by atomic mass is 32.2. The van der Waals surface area contributed by atoms with E-state index in [-0.39, 0.29) is 28.9 Å². The number of nitrogens with zero attached hydrogens (tertiary/aromatic N) is 2. The van der Waals surface area contributed by atoms with E-state index >= 15 is 0 Å². The molecule has 2 heterocycles. The highest BCUT2D eigenvalue weighted by Gasteiger charge is 2.31. The van der Waals surface area contributed by atoms with Crippen molar-refractivity contribution in [2.45, 2.75) is 26.3 Å². The van der Waals surface area contributed by atoms with Gasteiger partial charge in [-0.05, 0) is 44.5 Å². The van der Waals surface area contributed by atoms with Crippen molar-refractivity contribution in [1.82, 2.24) is 9.78 Å². The summed E-state index contributed by atoms with van der Waals surface area (Å²) in [5.41, 5.74) is 1.93. The predicted molar refractivity (Wildman–Crippen MR) is 109 cm³/mol. The maximum absolute atomic E-state index is 12.7. The Morgan fingerprint density at radius 2 is 2.03 bits per heavy atom. The Balaban J connectivity index is 1.85. The van der Waals surface area contributed by atoms with Gasteiger partial charge in [0.05, 0.1) is 40.2 Å². The molecular formula is C19H22N4O5S. The molecule has 2 amide bonds. The van der Waals surface area contributed by atoms with Crippen LogP contribution >= 0.6 is 0 Å². The summed E-state index contributed by atoms with van der Waals surface area (Å²) in [6.45, 7) is 6.83. The average molecular weight is 418 g/mol. The standard InChI is InChI=1S/C19H22N4O5S/c1-4-17(25)20-13-5-6-16(24)15(9-13)19(26)21-18-11(2)22-23(12(18)3)14-7-8-29(27,28)10-14/h4-6,9,14,24H,1,7-8,10H2,2-3H3,(H,20,25)(H,21,26). The quantitative estimate of drug-likeness (QED) is 0.502. The minimum Gasteiger partial charge on any atom is -0.507 e. The molecule has 1 saturated heterocycles. The summed E-state index contributed by atoms with van der Waals surface area (Å²) in [5, 5.41) is 19.7. The van der Waals surface area contributed by atoms with E-state index in [0.29, 0.717) is 29.2 Å². The number of aryl methyl sites for hydroxylation is 1. The minimum atomic E-state index is -3.08. The van der Waals surface area contributed by atoms with Crippen molar-refractivity contribution in [3.8, 4) is 5.75 Å². The van der Waals surface area contributed by atoms with Gasteiger partial charge >= 0.3 is 0 Å². The van der Waals surface area contributed by atoms with Crippen LogP contribution in [-0.4, -0.2) is 46.6 Å². The number of hydrogen-bond acceptors (Lipinski definition) is 6. The molecule has 0 spiro atoms. The Labute approximate surface area is 168 Å². The first-order chi connectivity index (χ1) is 13.6. The molecule has 9 nitrogen and oxygen atoms in total. The van der Waals surface area contributed by atoms with Gasteiger partial charge < -0.3 is 15.7 Å². The molecular weight excluding hydrogens is 396 g/mol. The highest BCUT2D eigenvalue weighted by molar-refractivity contribution is 7.91. The average Bonchev–Trinajstić information content (AvgIpc) is 3.16. The lowest BCUT2D eigenvalue weighted by Gasteiger charge is -2.12. The second kappa shape index (κ2) is 7.70. The maximum atomic E-state index is 12.7. The Morgan fingerprint density at radius 1 is 1.31 bits per heavy atom. The van der Waals surface area contributed by atoms with Crippen molar-refractivity contribution in [2.24, 2.45) is 0 Å². The first-order valence-corrected chi connectivity index (χ1v) is 10.8. The molecule has 0 bridgehead atoms. The van der Waals surface area contributed by atoms with Crippen LogP contribution in [0.25, 0.3) is 0 Å². The van der Waals surface area contributed by atoms with Crippen LogP contribution in [0, 0.1) is 13.8 Å². The summed E-state index contributed by atoms with van der Waals surface area (Å²) in [6, 6.07) is 3.85. The van der Waals surface area contributed by atoms with E-state index in [1.807, 2.05) is 0 Å². The van der Waals surface area contributed by atoms with Gasteiger partial charge in [-0.3, -0.25) is 14.3 Å². The molecule has 3 N–H and O–H groups in total. The molecule has 1 aliphatic rings. The third-order valence-electron chi connectivity index (χ3n) is 4.81. The summed E-state index contributed by atoms with van der Waals surface area (Å²) < 4.78 is 25.2. The fourth-order valence-corrected chi connectivity index (χ4v) is 5.03. The fraction of sp³-hybridized carbons (Fsp3) is 0.316. The van der Waals surface area contributed by atoms with Crippen LogP contribution in [0.4, 0.5) is 11.4 Å². The van der Waals surface area contributed by atoms with Gasteiger partial charge in [-0.15, -0.1) is 0 Å². The number of phenols is 1. The summed E-state index contributed by atoms with van der Waals surface area (Å²) >= 11 is 0. The molecule has 1 atom stereocenters. The van der Waals surface area contributed by atoms with E-state index in [4.69, 9.17) is 0 Å². The van der Waals surface area contributed by atoms with Crippen LogP contribution in [0.15, 0.2) is 30.9 Å². The zero-order chi connectivity index (χ0) is 21.3. The fourth-order valence-electron chi connectivity index (χ4n) is 3.34. The number of amides is 2. The van der Waals surface area contributed by atoms with Gasteiger partial charge in [-0.25, -0.2) is 8.42 Å². The third-order valence-corrected chi connectivity index (χ3v) is 6.56. The minimum absolute atomic E-state index is 0.0220. The SMILES string of the molecule is C=CC(=O)Nc1ccc(O)c(C(=O)Nc2c(C)nn(C3CCS(=O)(=O)C3)c2C)c1. The summed E-state index contributed by atoms with van der Waals surface area (Å²) in [7, 11) is -3.08. The van der Waals surface area contributed by atoms with Crippen LogP contribution < -0.4 is 10.6 Å². The van der Waals surface area contributed by atoms with Crippen molar-refractivity contribution >= 4 is 33.0 Å². The second-order valence-corrected chi connectivity index (χ2v) is 9.16. The number of rotatable bonds is 5. The molecule has 3 rings (SSSR count). The van der Waals surface area contributed by atoms with E-state index in [1.165, 1.54) is 18.2 Å². The first-order valence-electron chi connectivity index (χ1n) is 8.95. The van der Waals surface area contributed by atoms with E-state index in [2.05, 4.69) is 22.3 Å². The molecule has 1 aliphatic heterocycles. The van der Waals surface area contributed by atoms with E-state index in [9.17, 15) is 23.1 Å². The number of aromatic nitrogens is 2. The lowest BCUT2D eigenvalue weighted by molar-refractivity contribution is -0.111. The number of anilines is 2. The Morgan fingerprint density at radius 3 is 2.66 bits per heavy atom. The van der Waals surface area contributed by atoms with Crippen molar-refractivity contribution in [1.29, 1.82) is 0 Å². The molecule has 1 aromatic heterocycles. The lowest BCUT2D eigenvalue weighted by atomic mass is 10.1. The molecule has 1 fully saturated rings. The molecule has 29 heavy (non-hydrogen) atoms. The molecule has 0 radical (unpaired) electrons. The molecule has 1 aromatic carbocycles. The van der Waals surface area contributed by atoms with Crippen molar-refractivity contribution in [2.75, 3.05) is 22.1 Å². The second-order valence-electron chi connectivity index (χ2n) is 6.93. The number of sulfone groups is 1. The highest BCUT2D eigenvalue weighted by Crippen LogP contribution is 2.30. The van der Waals surface area contributed by atoms with Crippen molar-refractivity contribution in [3.63, 3.8) is 0 Å². The smallest absolute Gasteiger partial charge is 0.259 e. The largest absolute Gasteiger partial charge is 0.507 e. The van der Waals surface area contributed by atoms with Crippen LogP contribution in [0.1, 0.15) is 34.2 Å². The van der Waals surface area contributed by atoms with Crippen LogP contribution in [0.5, 0.6) is 5.75 Å². The van der Waals surface area contributed by atoms with Gasteiger partial charge in [0.2, 0.25) is 5.91 Å². The number of nitrogens with one attached hydrogen (secondary N) is 2. The van der Waals surface area contributed by atoms with Crippen molar-refractivity contribution in [3.05, 3.63) is 47.8 Å². The van der Waals surface area contributed by atoms with Crippen molar-refractivity contribution < 1.29 is 23.1 Å². The first kappa shape index (κ1) is 20.6. The van der Waals surface area contributed by atoms with Gasteiger partial charge in [-0.1, -0.05) is 6.58 Å². The van der Waals surface area contributed by atoms with Crippen LogP contribution in [0.2, 0.25) is 0 Å². The maximum Gasteiger partial charge on any atom is 0.259 e. The molecule has 0 saturated carbocycles. The third kappa shape index (κ3) is 4.32.